The van der Waals surface area contributed by atoms with Crippen molar-refractivity contribution in [3.05, 3.63) is 95.9 Å². The number of hydrogen-bond acceptors (Lipinski definition) is 4. The van der Waals surface area contributed by atoms with Gasteiger partial charge in [-0.1, -0.05) is 48.5 Å². The van der Waals surface area contributed by atoms with Gasteiger partial charge in [0, 0.05) is 18.3 Å². The van der Waals surface area contributed by atoms with Crippen molar-refractivity contribution in [1.29, 1.82) is 0 Å². The molecule has 4 aromatic rings. The summed E-state index contributed by atoms with van der Waals surface area (Å²) >= 11 is 0. The number of amides is 2. The van der Waals surface area contributed by atoms with E-state index in [1.165, 1.54) is 0 Å². The molecule has 7 nitrogen and oxygen atoms in total. The van der Waals surface area contributed by atoms with Crippen LogP contribution in [0.15, 0.2) is 83.5 Å². The van der Waals surface area contributed by atoms with Gasteiger partial charge < -0.3 is 9.73 Å². The number of para-hydroxylation sites is 1. The maximum Gasteiger partial charge on any atom is 0.277 e. The van der Waals surface area contributed by atoms with Gasteiger partial charge in [0.2, 0.25) is 5.91 Å². The van der Waals surface area contributed by atoms with Crippen LogP contribution < -0.4 is 10.2 Å². The lowest BCUT2D eigenvalue weighted by atomic mass is 9.93. The Hall–Kier alpha value is -4.13. The summed E-state index contributed by atoms with van der Waals surface area (Å²) in [6.45, 7) is 4.30. The first-order chi connectivity index (χ1) is 16.0. The molecule has 2 amide bonds. The van der Waals surface area contributed by atoms with Crippen molar-refractivity contribution < 1.29 is 14.0 Å². The number of rotatable bonds is 5. The van der Waals surface area contributed by atoms with Gasteiger partial charge in [0.05, 0.1) is 12.8 Å². The monoisotopic (exact) mass is 440 g/mol. The van der Waals surface area contributed by atoms with Crippen LogP contribution in [0.4, 0.5) is 5.69 Å². The fourth-order valence-electron chi connectivity index (χ4n) is 4.29. The van der Waals surface area contributed by atoms with Gasteiger partial charge in [-0.05, 0) is 43.2 Å². The topological polar surface area (TPSA) is 80.4 Å². The van der Waals surface area contributed by atoms with Crippen LogP contribution in [0.1, 0.15) is 28.5 Å². The van der Waals surface area contributed by atoms with Crippen LogP contribution in [0.3, 0.4) is 0 Å². The standard InChI is InChI=1S/C26H24N4O3/c1-18-9-6-7-12-21(18)30-24(31)22-15-20(23-13-8-14-33-23)28-29(22)17-26(30,2)25(32)27-16-19-10-4-3-5-11-19/h3-15H,16-17H2,1-2H3,(H,27,32)/t26-/m0/s1. The van der Waals surface area contributed by atoms with Gasteiger partial charge in [-0.15, -0.1) is 0 Å². The van der Waals surface area contributed by atoms with Gasteiger partial charge in [-0.25, -0.2) is 0 Å². The second-order valence-corrected chi connectivity index (χ2v) is 8.42. The van der Waals surface area contributed by atoms with E-state index in [9.17, 15) is 9.59 Å². The van der Waals surface area contributed by atoms with Gasteiger partial charge in [0.1, 0.15) is 16.9 Å². The molecule has 1 atom stereocenters. The molecule has 0 bridgehead atoms. The lowest BCUT2D eigenvalue weighted by Crippen LogP contribution is -2.64. The Morgan fingerprint density at radius 3 is 2.58 bits per heavy atom. The number of nitrogens with one attached hydrogen (secondary N) is 1. The summed E-state index contributed by atoms with van der Waals surface area (Å²) in [5, 5.41) is 7.61. The summed E-state index contributed by atoms with van der Waals surface area (Å²) in [6, 6.07) is 22.6. The summed E-state index contributed by atoms with van der Waals surface area (Å²) in [6.07, 6.45) is 1.57. The van der Waals surface area contributed by atoms with Crippen LogP contribution in [0, 0.1) is 6.92 Å². The number of hydrogen-bond donors (Lipinski definition) is 1. The van der Waals surface area contributed by atoms with Crippen molar-refractivity contribution in [2.45, 2.75) is 32.5 Å². The van der Waals surface area contributed by atoms with E-state index < -0.39 is 5.54 Å². The largest absolute Gasteiger partial charge is 0.463 e. The number of anilines is 1. The minimum Gasteiger partial charge on any atom is -0.463 e. The van der Waals surface area contributed by atoms with Crippen LogP contribution in [0.5, 0.6) is 0 Å². The zero-order chi connectivity index (χ0) is 23.0. The van der Waals surface area contributed by atoms with Crippen LogP contribution in [0.25, 0.3) is 11.5 Å². The predicted molar refractivity (Wildman–Crippen MR) is 125 cm³/mol. The minimum absolute atomic E-state index is 0.212. The fraction of sp³-hybridized carbons (Fsp3) is 0.192. The van der Waals surface area contributed by atoms with E-state index in [4.69, 9.17) is 4.42 Å². The molecule has 0 spiro atoms. The lowest BCUT2D eigenvalue weighted by Gasteiger charge is -2.43. The first kappa shape index (κ1) is 20.8. The van der Waals surface area contributed by atoms with Gasteiger partial charge in [0.15, 0.2) is 5.76 Å². The molecule has 7 heteroatoms. The first-order valence-corrected chi connectivity index (χ1v) is 10.8. The molecule has 1 aliphatic heterocycles. The van der Waals surface area contributed by atoms with Crippen molar-refractivity contribution >= 4 is 17.5 Å². The Morgan fingerprint density at radius 1 is 1.09 bits per heavy atom. The highest BCUT2D eigenvalue weighted by atomic mass is 16.3. The SMILES string of the molecule is Cc1ccccc1N1C(=O)c2cc(-c3ccco3)nn2C[C@@]1(C)C(=O)NCc1ccccc1. The normalized spacial score (nSPS) is 17.6. The number of fused-ring (bicyclic) bond motifs is 1. The smallest absolute Gasteiger partial charge is 0.277 e. The molecule has 1 aliphatic rings. The van der Waals surface area contributed by atoms with Crippen LogP contribution >= 0.6 is 0 Å². The highest BCUT2D eigenvalue weighted by Crippen LogP contribution is 2.35. The van der Waals surface area contributed by atoms with Crippen molar-refractivity contribution in [3.8, 4) is 11.5 Å². The van der Waals surface area contributed by atoms with E-state index in [1.54, 1.807) is 41.0 Å². The molecule has 0 saturated carbocycles. The third kappa shape index (κ3) is 3.61. The van der Waals surface area contributed by atoms with E-state index in [1.807, 2.05) is 61.5 Å². The maximum absolute atomic E-state index is 13.8. The summed E-state index contributed by atoms with van der Waals surface area (Å²) in [5.74, 6) is 0.0456. The minimum atomic E-state index is -1.18. The molecule has 33 heavy (non-hydrogen) atoms. The number of furan rings is 1. The Kier molecular flexibility index (Phi) is 5.09. The second kappa shape index (κ2) is 8.09. The van der Waals surface area contributed by atoms with Crippen molar-refractivity contribution in [2.75, 3.05) is 4.90 Å². The quantitative estimate of drug-likeness (QED) is 0.505. The number of aryl methyl sites for hydroxylation is 1. The fourth-order valence-corrected chi connectivity index (χ4v) is 4.29. The molecule has 0 unspecified atom stereocenters. The molecule has 0 radical (unpaired) electrons. The van der Waals surface area contributed by atoms with E-state index in [0.717, 1.165) is 11.1 Å². The highest BCUT2D eigenvalue weighted by molar-refractivity contribution is 6.12. The molecule has 0 aliphatic carbocycles. The van der Waals surface area contributed by atoms with E-state index in [0.29, 0.717) is 29.4 Å². The number of carbonyl (C=O) groups is 2. The van der Waals surface area contributed by atoms with Crippen LogP contribution in [-0.2, 0) is 17.9 Å². The summed E-state index contributed by atoms with van der Waals surface area (Å²) < 4.78 is 7.08. The summed E-state index contributed by atoms with van der Waals surface area (Å²) in [4.78, 5) is 29.0. The van der Waals surface area contributed by atoms with Crippen LogP contribution in [-0.4, -0.2) is 27.1 Å². The average Bonchev–Trinajstić information content (AvgIpc) is 3.49. The van der Waals surface area contributed by atoms with Crippen LogP contribution in [0.2, 0.25) is 0 Å². The van der Waals surface area contributed by atoms with Gasteiger partial charge >= 0.3 is 0 Å². The molecule has 3 heterocycles. The third-order valence-electron chi connectivity index (χ3n) is 6.07. The molecule has 1 N–H and O–H groups in total. The van der Waals surface area contributed by atoms with Crippen molar-refractivity contribution in [3.63, 3.8) is 0 Å². The zero-order valence-electron chi connectivity index (χ0n) is 18.5. The van der Waals surface area contributed by atoms with Gasteiger partial charge in [0.25, 0.3) is 5.91 Å². The Labute approximate surface area is 191 Å². The van der Waals surface area contributed by atoms with E-state index in [-0.39, 0.29) is 18.4 Å². The molecule has 5 rings (SSSR count). The number of aromatic nitrogens is 2. The molecular weight excluding hydrogens is 416 g/mol. The Balaban J connectivity index is 1.56. The maximum atomic E-state index is 13.8. The van der Waals surface area contributed by atoms with E-state index in [2.05, 4.69) is 10.4 Å². The molecule has 0 saturated heterocycles. The molecular formula is C26H24N4O3. The predicted octanol–water partition coefficient (Wildman–Crippen LogP) is 4.19. The van der Waals surface area contributed by atoms with Gasteiger partial charge in [-0.3, -0.25) is 19.2 Å². The third-order valence-corrected chi connectivity index (χ3v) is 6.07. The molecule has 2 aromatic heterocycles. The second-order valence-electron chi connectivity index (χ2n) is 8.42. The lowest BCUT2D eigenvalue weighted by molar-refractivity contribution is -0.126. The molecule has 0 fully saturated rings. The van der Waals surface area contributed by atoms with E-state index >= 15 is 0 Å². The highest BCUT2D eigenvalue weighted by Gasteiger charge is 2.49. The average molecular weight is 441 g/mol. The molecule has 166 valence electrons. The summed E-state index contributed by atoms with van der Waals surface area (Å²) in [5.41, 5.74) is 2.38. The first-order valence-electron chi connectivity index (χ1n) is 10.8. The molecule has 2 aromatic carbocycles. The summed E-state index contributed by atoms with van der Waals surface area (Å²) in [7, 11) is 0. The number of carbonyl (C=O) groups excluding carboxylic acids is 2. The number of benzene rings is 2. The van der Waals surface area contributed by atoms with Crippen molar-refractivity contribution in [1.82, 2.24) is 15.1 Å². The van der Waals surface area contributed by atoms with Gasteiger partial charge in [-0.2, -0.15) is 5.10 Å². The van der Waals surface area contributed by atoms with Crippen molar-refractivity contribution in [2.24, 2.45) is 0 Å². The zero-order valence-corrected chi connectivity index (χ0v) is 18.5. The Bertz CT molecular complexity index is 1310. The Morgan fingerprint density at radius 2 is 1.85 bits per heavy atom. The number of nitrogens with zero attached hydrogens (tertiary/aromatic N) is 3.